The predicted octanol–water partition coefficient (Wildman–Crippen LogP) is 3.10. The van der Waals surface area contributed by atoms with E-state index in [-0.39, 0.29) is 0 Å². The third-order valence-electron chi connectivity index (χ3n) is 5.18. The molecule has 0 bridgehead atoms. The molecule has 2 heterocycles. The van der Waals surface area contributed by atoms with Gasteiger partial charge in [-0.2, -0.15) is 0 Å². The predicted molar refractivity (Wildman–Crippen MR) is 102 cm³/mol. The number of aromatic nitrogens is 5. The fourth-order valence-corrected chi connectivity index (χ4v) is 4.38. The van der Waals surface area contributed by atoms with E-state index in [4.69, 9.17) is 0 Å². The first kappa shape index (κ1) is 17.9. The summed E-state index contributed by atoms with van der Waals surface area (Å²) in [6.45, 7) is 0.583. The quantitative estimate of drug-likeness (QED) is 0.674. The van der Waals surface area contributed by atoms with E-state index in [0.717, 1.165) is 17.2 Å². The summed E-state index contributed by atoms with van der Waals surface area (Å²) in [5.41, 5.74) is 0.871. The lowest BCUT2D eigenvalue weighted by molar-refractivity contribution is 0.343. The Balaban J connectivity index is 1.59. The summed E-state index contributed by atoms with van der Waals surface area (Å²) in [4.78, 5) is 4.76. The Morgan fingerprint density at radius 2 is 1.85 bits per heavy atom. The maximum atomic E-state index is 11.7. The molecule has 0 atom stereocenters. The van der Waals surface area contributed by atoms with Gasteiger partial charge in [0, 0.05) is 30.3 Å². The molecule has 27 heavy (non-hydrogen) atoms. The number of rotatable bonds is 5. The number of sulfone groups is 1. The normalized spacial score (nSPS) is 15.9. The van der Waals surface area contributed by atoms with Crippen LogP contribution in [0.15, 0.2) is 47.9 Å². The second kappa shape index (κ2) is 7.26. The highest BCUT2D eigenvalue weighted by Crippen LogP contribution is 2.29. The smallest absolute Gasteiger partial charge is 0.175 e. The van der Waals surface area contributed by atoms with Gasteiger partial charge in [0.15, 0.2) is 15.7 Å². The first-order valence-electron chi connectivity index (χ1n) is 9.22. The zero-order chi connectivity index (χ0) is 18.9. The highest BCUT2D eigenvalue weighted by atomic mass is 32.2. The molecule has 142 valence electrons. The van der Waals surface area contributed by atoms with E-state index in [2.05, 4.69) is 19.7 Å². The lowest BCUT2D eigenvalue weighted by atomic mass is 9.95. The van der Waals surface area contributed by atoms with Crippen LogP contribution in [0.25, 0.3) is 11.4 Å². The number of benzene rings is 1. The topological polar surface area (TPSA) is 82.7 Å². The van der Waals surface area contributed by atoms with Crippen molar-refractivity contribution < 1.29 is 8.42 Å². The van der Waals surface area contributed by atoms with Crippen LogP contribution in [0.5, 0.6) is 0 Å². The van der Waals surface area contributed by atoms with E-state index in [0.29, 0.717) is 17.5 Å². The minimum Gasteiger partial charge on any atom is -0.323 e. The van der Waals surface area contributed by atoms with Crippen LogP contribution in [0.2, 0.25) is 0 Å². The molecule has 1 saturated carbocycles. The minimum atomic E-state index is -3.21. The Morgan fingerprint density at radius 1 is 1.11 bits per heavy atom. The van der Waals surface area contributed by atoms with Crippen molar-refractivity contribution in [2.24, 2.45) is 0 Å². The average molecular weight is 385 g/mol. The zero-order valence-corrected chi connectivity index (χ0v) is 16.1. The number of hydrogen-bond donors (Lipinski definition) is 0. The van der Waals surface area contributed by atoms with Gasteiger partial charge in [0.05, 0.1) is 11.4 Å². The van der Waals surface area contributed by atoms with Gasteiger partial charge in [0.2, 0.25) is 0 Å². The van der Waals surface area contributed by atoms with Gasteiger partial charge in [-0.25, -0.2) is 13.4 Å². The first-order chi connectivity index (χ1) is 13.0. The maximum Gasteiger partial charge on any atom is 0.175 e. The van der Waals surface area contributed by atoms with Crippen molar-refractivity contribution in [2.75, 3.05) is 6.26 Å². The molecule has 4 rings (SSSR count). The van der Waals surface area contributed by atoms with Gasteiger partial charge in [-0.1, -0.05) is 19.3 Å². The van der Waals surface area contributed by atoms with Crippen molar-refractivity contribution in [1.29, 1.82) is 0 Å². The zero-order valence-electron chi connectivity index (χ0n) is 15.3. The standard InChI is InChI=1S/C19H23N5O2S/c1-27(25,26)17-9-7-15(8-10-17)19-20-11-12-23(19)13-18-22-21-14-24(18)16-5-3-2-4-6-16/h7-12,14,16H,2-6,13H2,1H3. The molecule has 7 nitrogen and oxygen atoms in total. The van der Waals surface area contributed by atoms with Crippen LogP contribution in [-0.4, -0.2) is 39.0 Å². The maximum absolute atomic E-state index is 11.7. The number of hydrogen-bond acceptors (Lipinski definition) is 5. The van der Waals surface area contributed by atoms with Gasteiger partial charge in [-0.15, -0.1) is 10.2 Å². The van der Waals surface area contributed by atoms with Crippen molar-refractivity contribution >= 4 is 9.84 Å². The van der Waals surface area contributed by atoms with E-state index in [1.807, 2.05) is 17.1 Å². The Labute approximate surface area is 159 Å². The highest BCUT2D eigenvalue weighted by molar-refractivity contribution is 7.90. The third-order valence-corrected chi connectivity index (χ3v) is 6.31. The van der Waals surface area contributed by atoms with Gasteiger partial charge in [0.25, 0.3) is 0 Å². The van der Waals surface area contributed by atoms with Gasteiger partial charge in [0.1, 0.15) is 12.2 Å². The van der Waals surface area contributed by atoms with Crippen LogP contribution in [-0.2, 0) is 16.4 Å². The molecule has 0 spiro atoms. The molecule has 0 amide bonds. The van der Waals surface area contributed by atoms with E-state index < -0.39 is 9.84 Å². The van der Waals surface area contributed by atoms with E-state index in [9.17, 15) is 8.42 Å². The monoisotopic (exact) mass is 385 g/mol. The largest absolute Gasteiger partial charge is 0.323 e. The van der Waals surface area contributed by atoms with Crippen LogP contribution in [0, 0.1) is 0 Å². The summed E-state index contributed by atoms with van der Waals surface area (Å²) < 4.78 is 27.5. The Kier molecular flexibility index (Phi) is 4.82. The third kappa shape index (κ3) is 3.80. The van der Waals surface area contributed by atoms with Crippen molar-refractivity contribution in [1.82, 2.24) is 24.3 Å². The lowest BCUT2D eigenvalue weighted by Gasteiger charge is -2.24. The molecule has 1 aliphatic rings. The summed E-state index contributed by atoms with van der Waals surface area (Å²) in [6.07, 6.45) is 12.9. The van der Waals surface area contributed by atoms with E-state index in [1.165, 1.54) is 38.4 Å². The average Bonchev–Trinajstić information content (AvgIpc) is 3.32. The van der Waals surface area contributed by atoms with Gasteiger partial charge < -0.3 is 9.13 Å². The van der Waals surface area contributed by atoms with Gasteiger partial charge in [-0.05, 0) is 37.1 Å². The molecule has 2 aromatic heterocycles. The van der Waals surface area contributed by atoms with Crippen molar-refractivity contribution in [3.05, 3.63) is 48.8 Å². The molecule has 0 saturated heterocycles. The molecule has 1 fully saturated rings. The van der Waals surface area contributed by atoms with Crippen LogP contribution < -0.4 is 0 Å². The molecule has 0 unspecified atom stereocenters. The molecular formula is C19H23N5O2S. The number of nitrogens with zero attached hydrogens (tertiary/aromatic N) is 5. The van der Waals surface area contributed by atoms with Crippen molar-refractivity contribution in [2.45, 2.75) is 49.6 Å². The van der Waals surface area contributed by atoms with E-state index in [1.54, 1.807) is 30.5 Å². The lowest BCUT2D eigenvalue weighted by Crippen LogP contribution is -2.16. The summed E-state index contributed by atoms with van der Waals surface area (Å²) in [7, 11) is -3.21. The Bertz CT molecular complexity index is 1010. The molecule has 1 aliphatic carbocycles. The van der Waals surface area contributed by atoms with Gasteiger partial charge >= 0.3 is 0 Å². The van der Waals surface area contributed by atoms with Crippen molar-refractivity contribution in [3.63, 3.8) is 0 Å². The second-order valence-electron chi connectivity index (χ2n) is 7.12. The molecule has 0 radical (unpaired) electrons. The summed E-state index contributed by atoms with van der Waals surface area (Å²) in [5.74, 6) is 1.71. The molecular weight excluding hydrogens is 362 g/mol. The number of imidazole rings is 1. The molecule has 0 aliphatic heterocycles. The minimum absolute atomic E-state index is 0.307. The summed E-state index contributed by atoms with van der Waals surface area (Å²) in [6, 6.07) is 7.30. The van der Waals surface area contributed by atoms with Crippen LogP contribution in [0.4, 0.5) is 0 Å². The molecule has 0 N–H and O–H groups in total. The van der Waals surface area contributed by atoms with Gasteiger partial charge in [-0.3, -0.25) is 0 Å². The van der Waals surface area contributed by atoms with Crippen molar-refractivity contribution in [3.8, 4) is 11.4 Å². The van der Waals surface area contributed by atoms with Crippen LogP contribution in [0.1, 0.15) is 44.0 Å². The molecule has 1 aromatic carbocycles. The second-order valence-corrected chi connectivity index (χ2v) is 9.14. The first-order valence-corrected chi connectivity index (χ1v) is 11.1. The Morgan fingerprint density at radius 3 is 2.56 bits per heavy atom. The summed E-state index contributed by atoms with van der Waals surface area (Å²) >= 11 is 0. The summed E-state index contributed by atoms with van der Waals surface area (Å²) in [5, 5.41) is 8.46. The fraction of sp³-hybridized carbons (Fsp3) is 0.421. The SMILES string of the molecule is CS(=O)(=O)c1ccc(-c2nccn2Cc2nncn2C2CCCCC2)cc1. The van der Waals surface area contributed by atoms with Crippen LogP contribution >= 0.6 is 0 Å². The van der Waals surface area contributed by atoms with E-state index >= 15 is 0 Å². The Hall–Kier alpha value is -2.48. The molecule has 8 heteroatoms. The highest BCUT2D eigenvalue weighted by Gasteiger charge is 2.19. The molecule has 3 aromatic rings. The fourth-order valence-electron chi connectivity index (χ4n) is 3.74. The van der Waals surface area contributed by atoms with Crippen LogP contribution in [0.3, 0.4) is 0 Å².